The molecule has 17 heavy (non-hydrogen) atoms. The lowest BCUT2D eigenvalue weighted by atomic mass is 9.96. The number of hydrogen-bond acceptors (Lipinski definition) is 3. The molecule has 92 valence electrons. The normalized spacial score (nSPS) is 23.7. The summed E-state index contributed by atoms with van der Waals surface area (Å²) in [5, 5.41) is 0. The van der Waals surface area contributed by atoms with E-state index in [1.54, 1.807) is 6.07 Å². The Bertz CT molecular complexity index is 431. The van der Waals surface area contributed by atoms with Gasteiger partial charge in [-0.1, -0.05) is 6.92 Å². The van der Waals surface area contributed by atoms with Crippen LogP contribution in [0.1, 0.15) is 23.7 Å². The van der Waals surface area contributed by atoms with Crippen molar-refractivity contribution in [2.75, 3.05) is 13.7 Å². The lowest BCUT2D eigenvalue weighted by Crippen LogP contribution is -2.25. The van der Waals surface area contributed by atoms with E-state index in [-0.39, 0.29) is 17.5 Å². The minimum Gasteiger partial charge on any atom is -0.494 e. The van der Waals surface area contributed by atoms with Crippen LogP contribution in [0.25, 0.3) is 0 Å². The van der Waals surface area contributed by atoms with Crippen LogP contribution in [0.4, 0.5) is 4.39 Å². The van der Waals surface area contributed by atoms with E-state index >= 15 is 0 Å². The summed E-state index contributed by atoms with van der Waals surface area (Å²) in [6.45, 7) is 2.56. The Kier molecular flexibility index (Phi) is 3.43. The van der Waals surface area contributed by atoms with Crippen molar-refractivity contribution in [3.05, 3.63) is 29.6 Å². The molecule has 2 atom stereocenters. The Morgan fingerprint density at radius 1 is 1.53 bits per heavy atom. The van der Waals surface area contributed by atoms with E-state index in [1.165, 1.54) is 19.2 Å². The minimum atomic E-state index is -0.524. The maximum atomic E-state index is 13.5. The third kappa shape index (κ3) is 2.31. The quantitative estimate of drug-likeness (QED) is 0.759. The smallest absolute Gasteiger partial charge is 0.191 e. The van der Waals surface area contributed by atoms with Crippen LogP contribution in [0.15, 0.2) is 18.2 Å². The van der Waals surface area contributed by atoms with Gasteiger partial charge in [-0.15, -0.1) is 0 Å². The average molecular weight is 238 g/mol. The van der Waals surface area contributed by atoms with E-state index in [4.69, 9.17) is 9.47 Å². The van der Waals surface area contributed by atoms with Crippen LogP contribution in [0, 0.1) is 11.7 Å². The molecule has 2 unspecified atom stereocenters. The lowest BCUT2D eigenvalue weighted by Gasteiger charge is -2.13. The second-order valence-electron chi connectivity index (χ2n) is 4.27. The Hall–Kier alpha value is -1.42. The zero-order valence-corrected chi connectivity index (χ0v) is 9.90. The van der Waals surface area contributed by atoms with Crippen molar-refractivity contribution in [3.63, 3.8) is 0 Å². The fraction of sp³-hybridized carbons (Fsp3) is 0.462. The van der Waals surface area contributed by atoms with Crippen LogP contribution < -0.4 is 4.74 Å². The number of benzene rings is 1. The van der Waals surface area contributed by atoms with Gasteiger partial charge in [0, 0.05) is 12.2 Å². The summed E-state index contributed by atoms with van der Waals surface area (Å²) in [7, 11) is 1.39. The van der Waals surface area contributed by atoms with E-state index in [1.807, 2.05) is 6.92 Å². The van der Waals surface area contributed by atoms with Gasteiger partial charge in [-0.2, -0.15) is 0 Å². The van der Waals surface area contributed by atoms with Crippen molar-refractivity contribution in [3.8, 4) is 5.75 Å². The molecule has 0 saturated carbocycles. The molecule has 1 aliphatic rings. The number of ketones is 1. The van der Waals surface area contributed by atoms with Crippen molar-refractivity contribution in [2.24, 2.45) is 5.92 Å². The Balaban J connectivity index is 2.22. The summed E-state index contributed by atoms with van der Waals surface area (Å²) in [6.07, 6.45) is 0.428. The molecule has 0 amide bonds. The number of rotatable bonds is 3. The van der Waals surface area contributed by atoms with Crippen molar-refractivity contribution in [1.82, 2.24) is 0 Å². The number of ether oxygens (including phenoxy) is 2. The van der Waals surface area contributed by atoms with Gasteiger partial charge in [0.25, 0.3) is 0 Å². The molecule has 0 aliphatic carbocycles. The average Bonchev–Trinajstić information content (AvgIpc) is 2.74. The van der Waals surface area contributed by atoms with Crippen molar-refractivity contribution < 1.29 is 18.7 Å². The monoisotopic (exact) mass is 238 g/mol. The van der Waals surface area contributed by atoms with Crippen molar-refractivity contribution in [1.29, 1.82) is 0 Å². The topological polar surface area (TPSA) is 35.5 Å². The van der Waals surface area contributed by atoms with E-state index in [0.29, 0.717) is 12.2 Å². The lowest BCUT2D eigenvalue weighted by molar-refractivity contribution is 0.0579. The van der Waals surface area contributed by atoms with Gasteiger partial charge in [0.05, 0.1) is 7.11 Å². The highest BCUT2D eigenvalue weighted by molar-refractivity contribution is 5.99. The van der Waals surface area contributed by atoms with Gasteiger partial charge in [0.15, 0.2) is 17.3 Å². The summed E-state index contributed by atoms with van der Waals surface area (Å²) in [5.74, 6) is -0.352. The highest BCUT2D eigenvalue weighted by Gasteiger charge is 2.31. The second kappa shape index (κ2) is 4.84. The van der Waals surface area contributed by atoms with Crippen LogP contribution in [0.3, 0.4) is 0 Å². The molecular weight excluding hydrogens is 223 g/mol. The molecule has 1 aliphatic heterocycles. The molecule has 0 bridgehead atoms. The number of hydrogen-bond donors (Lipinski definition) is 0. The molecule has 0 N–H and O–H groups in total. The molecule has 0 aromatic heterocycles. The molecule has 2 rings (SSSR count). The zero-order chi connectivity index (χ0) is 12.4. The maximum Gasteiger partial charge on any atom is 0.191 e. The van der Waals surface area contributed by atoms with Gasteiger partial charge >= 0.3 is 0 Å². The summed E-state index contributed by atoms with van der Waals surface area (Å²) in [4.78, 5) is 12.1. The fourth-order valence-corrected chi connectivity index (χ4v) is 2.01. The van der Waals surface area contributed by atoms with E-state index < -0.39 is 11.9 Å². The second-order valence-corrected chi connectivity index (χ2v) is 4.27. The Morgan fingerprint density at radius 3 is 2.82 bits per heavy atom. The largest absolute Gasteiger partial charge is 0.494 e. The third-order valence-corrected chi connectivity index (χ3v) is 3.08. The molecule has 1 heterocycles. The molecule has 3 nitrogen and oxygen atoms in total. The first-order valence-corrected chi connectivity index (χ1v) is 5.63. The number of Topliss-reactive ketones (excluding diaryl/α,β-unsaturated/α-hetero) is 1. The molecular formula is C13H15FO3. The third-order valence-electron chi connectivity index (χ3n) is 3.08. The summed E-state index contributed by atoms with van der Waals surface area (Å²) in [5.41, 5.74) is 0.335. The predicted octanol–water partition coefficient (Wildman–Crippen LogP) is 2.44. The molecule has 1 aromatic rings. The molecule has 4 heteroatoms. The Morgan fingerprint density at radius 2 is 2.29 bits per heavy atom. The first kappa shape index (κ1) is 12.0. The van der Waals surface area contributed by atoms with Crippen molar-refractivity contribution >= 4 is 5.78 Å². The van der Waals surface area contributed by atoms with Crippen molar-refractivity contribution in [2.45, 2.75) is 19.4 Å². The maximum absolute atomic E-state index is 13.5. The highest BCUT2D eigenvalue weighted by atomic mass is 19.1. The molecule has 1 fully saturated rings. The van der Waals surface area contributed by atoms with Crippen LogP contribution in [0.5, 0.6) is 5.75 Å². The highest BCUT2D eigenvalue weighted by Crippen LogP contribution is 2.25. The van der Waals surface area contributed by atoms with Gasteiger partial charge in [0.1, 0.15) is 6.10 Å². The number of methoxy groups -OCH3 is 1. The first-order valence-electron chi connectivity index (χ1n) is 5.63. The predicted molar refractivity (Wildman–Crippen MR) is 60.8 cm³/mol. The van der Waals surface area contributed by atoms with Gasteiger partial charge in [-0.3, -0.25) is 4.79 Å². The first-order chi connectivity index (χ1) is 8.13. The molecule has 0 spiro atoms. The fourth-order valence-electron chi connectivity index (χ4n) is 2.01. The number of carbonyl (C=O) groups is 1. The zero-order valence-electron chi connectivity index (χ0n) is 9.90. The van der Waals surface area contributed by atoms with E-state index in [9.17, 15) is 9.18 Å². The standard InChI is InChI=1S/C13H15FO3/c1-8-5-6-17-13(8)12(15)9-3-4-11(16-2)10(14)7-9/h3-4,7-8,13H,5-6H2,1-2H3. The summed E-state index contributed by atoms with van der Waals surface area (Å²) >= 11 is 0. The van der Waals surface area contributed by atoms with Gasteiger partial charge in [-0.05, 0) is 30.5 Å². The molecule has 0 radical (unpaired) electrons. The minimum absolute atomic E-state index is 0.141. The van der Waals surface area contributed by atoms with E-state index in [0.717, 1.165) is 6.42 Å². The molecule has 1 aromatic carbocycles. The number of halogens is 1. The summed E-state index contributed by atoms with van der Waals surface area (Å²) in [6, 6.07) is 4.23. The summed E-state index contributed by atoms with van der Waals surface area (Å²) < 4.78 is 23.7. The molecule has 1 saturated heterocycles. The van der Waals surface area contributed by atoms with E-state index in [2.05, 4.69) is 0 Å². The van der Waals surface area contributed by atoms with Crippen LogP contribution >= 0.6 is 0 Å². The van der Waals surface area contributed by atoms with Gasteiger partial charge in [0.2, 0.25) is 0 Å². The number of carbonyl (C=O) groups excluding carboxylic acids is 1. The van der Waals surface area contributed by atoms with Crippen LogP contribution in [-0.4, -0.2) is 25.6 Å². The van der Waals surface area contributed by atoms with Gasteiger partial charge < -0.3 is 9.47 Å². The van der Waals surface area contributed by atoms with Crippen LogP contribution in [0.2, 0.25) is 0 Å². The Labute approximate surface area is 99.5 Å². The SMILES string of the molecule is COc1ccc(C(=O)C2OCCC2C)cc1F. The van der Waals surface area contributed by atoms with Crippen LogP contribution in [-0.2, 0) is 4.74 Å². The van der Waals surface area contributed by atoms with Gasteiger partial charge in [-0.25, -0.2) is 4.39 Å².